The van der Waals surface area contributed by atoms with Crippen LogP contribution in [0, 0.1) is 0 Å². The van der Waals surface area contributed by atoms with Crippen LogP contribution >= 0.6 is 0 Å². The minimum Gasteiger partial charge on any atom is -0.468 e. The number of ether oxygens (including phenoxy) is 2. The zero-order valence-electron chi connectivity index (χ0n) is 10.4. The number of methoxy groups -OCH3 is 1. The Hall–Kier alpha value is -0.650. The number of hydrogen-bond donors (Lipinski definition) is 1. The van der Waals surface area contributed by atoms with E-state index in [4.69, 9.17) is 10.5 Å². The number of carbonyl (C=O) groups excluding carboxylic acids is 1. The third kappa shape index (κ3) is 2.97. The second-order valence-electron chi connectivity index (χ2n) is 4.86. The van der Waals surface area contributed by atoms with Crippen LogP contribution in [0.1, 0.15) is 25.7 Å². The van der Waals surface area contributed by atoms with Crippen molar-refractivity contribution in [2.45, 2.75) is 43.9 Å². The number of rotatable bonds is 4. The Morgan fingerprint density at radius 2 is 2.41 bits per heavy atom. The lowest BCUT2D eigenvalue weighted by Gasteiger charge is -2.37. The first-order valence-electron chi connectivity index (χ1n) is 6.41. The lowest BCUT2D eigenvalue weighted by Crippen LogP contribution is -2.50. The molecule has 0 bridgehead atoms. The minimum absolute atomic E-state index is 0.318. The lowest BCUT2D eigenvalue weighted by atomic mass is 10.1. The van der Waals surface area contributed by atoms with Gasteiger partial charge in [0.15, 0.2) is 0 Å². The van der Waals surface area contributed by atoms with E-state index >= 15 is 0 Å². The van der Waals surface area contributed by atoms with Crippen molar-refractivity contribution in [2.75, 3.05) is 26.8 Å². The number of nitrogens with zero attached hydrogens (tertiary/aromatic N) is 1. The van der Waals surface area contributed by atoms with Gasteiger partial charge in [-0.2, -0.15) is 0 Å². The van der Waals surface area contributed by atoms with Gasteiger partial charge in [-0.1, -0.05) is 0 Å². The van der Waals surface area contributed by atoms with Crippen LogP contribution < -0.4 is 5.73 Å². The molecule has 2 rings (SSSR count). The lowest BCUT2D eigenvalue weighted by molar-refractivity contribution is -0.142. The number of morpholine rings is 1. The fourth-order valence-electron chi connectivity index (χ4n) is 2.86. The monoisotopic (exact) mass is 242 g/mol. The van der Waals surface area contributed by atoms with E-state index in [9.17, 15) is 4.79 Å². The first kappa shape index (κ1) is 12.8. The molecule has 5 nitrogen and oxygen atoms in total. The zero-order chi connectivity index (χ0) is 12.3. The normalized spacial score (nSPS) is 30.9. The van der Waals surface area contributed by atoms with Gasteiger partial charge in [-0.25, -0.2) is 0 Å². The Morgan fingerprint density at radius 1 is 1.59 bits per heavy atom. The summed E-state index contributed by atoms with van der Waals surface area (Å²) in [6.07, 6.45) is 4.69. The van der Waals surface area contributed by atoms with Gasteiger partial charge in [-0.3, -0.25) is 9.69 Å². The van der Waals surface area contributed by atoms with Crippen LogP contribution in [-0.4, -0.2) is 55.9 Å². The SMILES string of the molecule is COC(=O)C(N)CCN1CCOC2CCCC21. The number of hydrogen-bond acceptors (Lipinski definition) is 5. The molecule has 0 radical (unpaired) electrons. The van der Waals surface area contributed by atoms with E-state index in [1.807, 2.05) is 0 Å². The summed E-state index contributed by atoms with van der Waals surface area (Å²) < 4.78 is 10.4. The van der Waals surface area contributed by atoms with E-state index in [1.165, 1.54) is 26.4 Å². The van der Waals surface area contributed by atoms with Crippen LogP contribution in [0.5, 0.6) is 0 Å². The quantitative estimate of drug-likeness (QED) is 0.710. The number of fused-ring (bicyclic) bond motifs is 1. The van der Waals surface area contributed by atoms with Gasteiger partial charge in [0.05, 0.1) is 19.8 Å². The molecule has 17 heavy (non-hydrogen) atoms. The van der Waals surface area contributed by atoms with Crippen molar-refractivity contribution >= 4 is 5.97 Å². The summed E-state index contributed by atoms with van der Waals surface area (Å²) in [6.45, 7) is 2.62. The topological polar surface area (TPSA) is 64.8 Å². The molecule has 1 saturated heterocycles. The van der Waals surface area contributed by atoms with Gasteiger partial charge in [-0.15, -0.1) is 0 Å². The van der Waals surface area contributed by atoms with Crippen molar-refractivity contribution in [3.63, 3.8) is 0 Å². The van der Waals surface area contributed by atoms with Crippen LogP contribution in [-0.2, 0) is 14.3 Å². The second kappa shape index (κ2) is 5.80. The molecule has 3 unspecified atom stereocenters. The number of carbonyl (C=O) groups is 1. The van der Waals surface area contributed by atoms with Crippen molar-refractivity contribution in [3.8, 4) is 0 Å². The maximum Gasteiger partial charge on any atom is 0.322 e. The summed E-state index contributed by atoms with van der Waals surface area (Å²) in [5.74, 6) is -0.318. The Bertz CT molecular complexity index is 272. The molecule has 2 N–H and O–H groups in total. The fraction of sp³-hybridized carbons (Fsp3) is 0.917. The molecular weight excluding hydrogens is 220 g/mol. The summed E-state index contributed by atoms with van der Waals surface area (Å²) in [4.78, 5) is 13.6. The Balaban J connectivity index is 1.80. The van der Waals surface area contributed by atoms with E-state index in [-0.39, 0.29) is 5.97 Å². The molecule has 1 aliphatic carbocycles. The number of nitrogens with two attached hydrogens (primary N) is 1. The molecule has 98 valence electrons. The van der Waals surface area contributed by atoms with Crippen LogP contribution in [0.4, 0.5) is 0 Å². The summed E-state index contributed by atoms with van der Waals surface area (Å²) >= 11 is 0. The predicted molar refractivity (Wildman–Crippen MR) is 63.6 cm³/mol. The van der Waals surface area contributed by atoms with Gasteiger partial charge in [0, 0.05) is 19.1 Å². The molecule has 1 heterocycles. The van der Waals surface area contributed by atoms with E-state index in [0.717, 1.165) is 19.7 Å². The molecule has 0 aromatic heterocycles. The maximum absolute atomic E-state index is 11.2. The van der Waals surface area contributed by atoms with Gasteiger partial charge < -0.3 is 15.2 Å². The highest BCUT2D eigenvalue weighted by Crippen LogP contribution is 2.29. The molecule has 1 aliphatic heterocycles. The predicted octanol–water partition coefficient (Wildman–Crippen LogP) is 0.130. The third-order valence-electron chi connectivity index (χ3n) is 3.83. The summed E-state index contributed by atoms with van der Waals surface area (Å²) in [5, 5.41) is 0. The summed E-state index contributed by atoms with van der Waals surface area (Å²) in [7, 11) is 1.38. The van der Waals surface area contributed by atoms with Crippen molar-refractivity contribution in [3.05, 3.63) is 0 Å². The molecule has 5 heteroatoms. The molecule has 1 saturated carbocycles. The van der Waals surface area contributed by atoms with Gasteiger partial charge in [0.2, 0.25) is 0 Å². The van der Waals surface area contributed by atoms with Crippen molar-refractivity contribution in [1.29, 1.82) is 0 Å². The largest absolute Gasteiger partial charge is 0.468 e. The minimum atomic E-state index is -0.498. The summed E-state index contributed by atoms with van der Waals surface area (Å²) in [6, 6.07) is 0.0382. The average Bonchev–Trinajstić information content (AvgIpc) is 2.83. The van der Waals surface area contributed by atoms with Crippen LogP contribution in [0.15, 0.2) is 0 Å². The Labute approximate surface area is 102 Å². The van der Waals surface area contributed by atoms with Crippen LogP contribution in [0.2, 0.25) is 0 Å². The van der Waals surface area contributed by atoms with Gasteiger partial charge >= 0.3 is 5.97 Å². The molecule has 0 amide bonds. The fourth-order valence-corrected chi connectivity index (χ4v) is 2.86. The highest BCUT2D eigenvalue weighted by Gasteiger charge is 2.35. The molecule has 3 atom stereocenters. The van der Waals surface area contributed by atoms with Crippen LogP contribution in [0.25, 0.3) is 0 Å². The molecular formula is C12H22N2O3. The van der Waals surface area contributed by atoms with Crippen molar-refractivity contribution < 1.29 is 14.3 Å². The maximum atomic E-state index is 11.2. The van der Waals surface area contributed by atoms with E-state index in [1.54, 1.807) is 0 Å². The zero-order valence-corrected chi connectivity index (χ0v) is 10.4. The van der Waals surface area contributed by atoms with Crippen molar-refractivity contribution in [1.82, 2.24) is 4.90 Å². The Kier molecular flexibility index (Phi) is 4.36. The second-order valence-corrected chi connectivity index (χ2v) is 4.86. The highest BCUT2D eigenvalue weighted by atomic mass is 16.5. The molecule has 0 spiro atoms. The van der Waals surface area contributed by atoms with Gasteiger partial charge in [0.25, 0.3) is 0 Å². The van der Waals surface area contributed by atoms with Gasteiger partial charge in [-0.05, 0) is 25.7 Å². The van der Waals surface area contributed by atoms with Crippen LogP contribution in [0.3, 0.4) is 0 Å². The van der Waals surface area contributed by atoms with E-state index < -0.39 is 6.04 Å². The number of esters is 1. The smallest absolute Gasteiger partial charge is 0.322 e. The highest BCUT2D eigenvalue weighted by molar-refractivity contribution is 5.75. The van der Waals surface area contributed by atoms with E-state index in [0.29, 0.717) is 18.6 Å². The summed E-state index contributed by atoms with van der Waals surface area (Å²) in [5.41, 5.74) is 5.75. The standard InChI is InChI=1S/C12H22N2O3/c1-16-12(15)9(13)5-6-14-7-8-17-11-4-2-3-10(11)14/h9-11H,2-8,13H2,1H3. The molecule has 2 aliphatic rings. The van der Waals surface area contributed by atoms with Gasteiger partial charge in [0.1, 0.15) is 6.04 Å². The molecule has 0 aromatic carbocycles. The third-order valence-corrected chi connectivity index (χ3v) is 3.83. The average molecular weight is 242 g/mol. The van der Waals surface area contributed by atoms with Crippen molar-refractivity contribution in [2.24, 2.45) is 5.73 Å². The molecule has 2 fully saturated rings. The first-order valence-corrected chi connectivity index (χ1v) is 6.41. The molecule has 0 aromatic rings. The first-order chi connectivity index (χ1) is 8.22. The Morgan fingerprint density at radius 3 is 3.18 bits per heavy atom. The van der Waals surface area contributed by atoms with E-state index in [2.05, 4.69) is 9.64 Å².